The zero-order valence-electron chi connectivity index (χ0n) is 22.0. The van der Waals surface area contributed by atoms with Crippen LogP contribution in [0.25, 0.3) is 0 Å². The fourth-order valence-corrected chi connectivity index (χ4v) is 9.85. The summed E-state index contributed by atoms with van der Waals surface area (Å²) in [6, 6.07) is 0. The largest absolute Gasteiger partial charge is 0.509 e. The van der Waals surface area contributed by atoms with Crippen LogP contribution in [0.4, 0.5) is 13.6 Å². The molecule has 6 aliphatic rings. The number of halogens is 2. The Morgan fingerprint density at radius 1 is 1.11 bits per heavy atom. The van der Waals surface area contributed by atoms with Gasteiger partial charge in [-0.15, -0.1) is 0 Å². The highest BCUT2D eigenvalue weighted by Gasteiger charge is 2.78. The van der Waals surface area contributed by atoms with Gasteiger partial charge < -0.3 is 19.7 Å². The Balaban J connectivity index is 1.36. The van der Waals surface area contributed by atoms with Gasteiger partial charge in [-0.05, 0) is 87.3 Å². The van der Waals surface area contributed by atoms with Crippen LogP contribution in [0.15, 0.2) is 23.8 Å². The van der Waals surface area contributed by atoms with Crippen molar-refractivity contribution in [3.05, 3.63) is 23.8 Å². The van der Waals surface area contributed by atoms with Gasteiger partial charge in [0.1, 0.15) is 12.3 Å². The molecular weight excluding hydrogens is 498 g/mol. The second-order valence-electron chi connectivity index (χ2n) is 13.2. The molecule has 38 heavy (non-hydrogen) atoms. The molecule has 7 nitrogen and oxygen atoms in total. The zero-order chi connectivity index (χ0) is 27.4. The van der Waals surface area contributed by atoms with E-state index in [0.717, 1.165) is 31.8 Å². The highest BCUT2D eigenvalue weighted by atomic mass is 19.1. The first kappa shape index (κ1) is 26.0. The van der Waals surface area contributed by atoms with Gasteiger partial charge in [0.15, 0.2) is 11.5 Å². The van der Waals surface area contributed by atoms with Crippen LogP contribution in [-0.4, -0.2) is 57.8 Å². The maximum absolute atomic E-state index is 17.3. The first-order valence-electron chi connectivity index (χ1n) is 13.9. The number of aliphatic hydroxyl groups is 1. The Morgan fingerprint density at radius 2 is 1.84 bits per heavy atom. The summed E-state index contributed by atoms with van der Waals surface area (Å²) in [6.07, 6.45) is 2.39. The fourth-order valence-electron chi connectivity index (χ4n) is 9.85. The minimum absolute atomic E-state index is 0.00707. The molecule has 208 valence electrons. The molecule has 6 aliphatic carbocycles. The number of allylic oxidation sites excluding steroid dienone is 4. The Bertz CT molecular complexity index is 1150. The van der Waals surface area contributed by atoms with E-state index in [1.54, 1.807) is 13.8 Å². The molecule has 0 amide bonds. The summed E-state index contributed by atoms with van der Waals surface area (Å²) in [5, 5.41) is 22.0. The quantitative estimate of drug-likeness (QED) is 0.505. The normalized spacial score (nSPS) is 52.6. The Labute approximate surface area is 220 Å². The van der Waals surface area contributed by atoms with Crippen molar-refractivity contribution >= 4 is 17.9 Å². The summed E-state index contributed by atoms with van der Waals surface area (Å²) in [7, 11) is 0. The van der Waals surface area contributed by atoms with Gasteiger partial charge in [-0.2, -0.15) is 0 Å². The summed E-state index contributed by atoms with van der Waals surface area (Å²) in [6.45, 7) is 4.76. The number of carboxylic acids is 1. The topological polar surface area (TPSA) is 110 Å². The zero-order valence-corrected chi connectivity index (χ0v) is 22.0. The van der Waals surface area contributed by atoms with E-state index in [1.165, 1.54) is 19.1 Å². The van der Waals surface area contributed by atoms with Gasteiger partial charge in [-0.3, -0.25) is 4.79 Å². The summed E-state index contributed by atoms with van der Waals surface area (Å²) in [5.41, 5.74) is -7.34. The molecule has 5 saturated carbocycles. The third-order valence-corrected chi connectivity index (χ3v) is 11.7. The lowest BCUT2D eigenvalue weighted by atomic mass is 9.44. The lowest BCUT2D eigenvalue weighted by molar-refractivity contribution is -0.232. The lowest BCUT2D eigenvalue weighted by Crippen LogP contribution is -2.71. The number of aliphatic hydroxyl groups excluding tert-OH is 1. The number of carbonyl (C=O) groups is 3. The van der Waals surface area contributed by atoms with Crippen molar-refractivity contribution in [1.29, 1.82) is 0 Å². The minimum Gasteiger partial charge on any atom is -0.478 e. The number of carboxylic acid groups (broad SMARTS) is 1. The molecule has 0 aromatic heterocycles. The Hall–Kier alpha value is -2.29. The van der Waals surface area contributed by atoms with Gasteiger partial charge in [0, 0.05) is 22.7 Å². The van der Waals surface area contributed by atoms with E-state index in [2.05, 4.69) is 0 Å². The van der Waals surface area contributed by atoms with Crippen LogP contribution in [0.1, 0.15) is 65.7 Å². The van der Waals surface area contributed by atoms with Crippen molar-refractivity contribution < 1.29 is 42.9 Å². The molecule has 0 spiro atoms. The van der Waals surface area contributed by atoms with Gasteiger partial charge in [-0.25, -0.2) is 18.4 Å². The molecular formula is C29H36F2O7. The molecule has 2 bridgehead atoms. The lowest BCUT2D eigenvalue weighted by Gasteiger charge is -2.62. The van der Waals surface area contributed by atoms with Gasteiger partial charge >= 0.3 is 12.1 Å². The summed E-state index contributed by atoms with van der Waals surface area (Å²) in [5.74, 6) is -3.53. The second-order valence-corrected chi connectivity index (χ2v) is 13.2. The number of hydrogen-bond donors (Lipinski definition) is 2. The molecule has 2 N–H and O–H groups in total. The van der Waals surface area contributed by atoms with Crippen LogP contribution < -0.4 is 0 Å². The average molecular weight is 535 g/mol. The summed E-state index contributed by atoms with van der Waals surface area (Å²) >= 11 is 0. The van der Waals surface area contributed by atoms with Gasteiger partial charge in [0.2, 0.25) is 5.60 Å². The van der Waals surface area contributed by atoms with Crippen molar-refractivity contribution in [1.82, 2.24) is 0 Å². The second kappa shape index (κ2) is 8.12. The Morgan fingerprint density at radius 3 is 2.47 bits per heavy atom. The molecule has 9 heteroatoms. The molecule has 0 saturated heterocycles. The third-order valence-electron chi connectivity index (χ3n) is 11.7. The first-order valence-corrected chi connectivity index (χ1v) is 13.9. The van der Waals surface area contributed by atoms with E-state index in [0.29, 0.717) is 5.92 Å². The van der Waals surface area contributed by atoms with Crippen molar-refractivity contribution in [2.45, 2.75) is 95.4 Å². The number of ketones is 1. The number of hydrogen-bond acceptors (Lipinski definition) is 6. The monoisotopic (exact) mass is 534 g/mol. The molecule has 0 aromatic rings. The fraction of sp³-hybridized carbons (Fsp3) is 0.759. The molecule has 5 fully saturated rings. The van der Waals surface area contributed by atoms with Crippen LogP contribution in [0.5, 0.6) is 0 Å². The predicted molar refractivity (Wildman–Crippen MR) is 130 cm³/mol. The third kappa shape index (κ3) is 3.05. The van der Waals surface area contributed by atoms with Crippen molar-refractivity contribution in [2.75, 3.05) is 0 Å². The molecule has 0 radical (unpaired) electrons. The van der Waals surface area contributed by atoms with E-state index in [-0.39, 0.29) is 36.9 Å². The minimum atomic E-state index is -2.33. The summed E-state index contributed by atoms with van der Waals surface area (Å²) in [4.78, 5) is 38.1. The SMILES string of the molecule is C[C@@H]1C[C@H]2[C@@H]3C[C@H](F)C4=CC(=O)C=C[C@]4(C)[C@@]3(F)[C@@H](O)C[C@]2(C)[C@@]1(OC(=O)O[C@H]1C[C@@H]2CC[C@H]1C2)C(=O)O. The number of aliphatic carboxylic acids is 1. The van der Waals surface area contributed by atoms with Gasteiger partial charge in [-0.1, -0.05) is 19.9 Å². The number of fused-ring (bicyclic) bond motifs is 7. The number of carbonyl (C=O) groups excluding carboxylic acids is 2. The number of rotatable bonds is 3. The Kier molecular flexibility index (Phi) is 5.54. The molecule has 12 atom stereocenters. The van der Waals surface area contributed by atoms with Crippen molar-refractivity contribution in [3.63, 3.8) is 0 Å². The van der Waals surface area contributed by atoms with E-state index in [1.807, 2.05) is 0 Å². The summed E-state index contributed by atoms with van der Waals surface area (Å²) < 4.78 is 44.4. The van der Waals surface area contributed by atoms with Crippen molar-refractivity contribution in [3.8, 4) is 0 Å². The highest BCUT2D eigenvalue weighted by molar-refractivity contribution is 6.01. The van der Waals surface area contributed by atoms with Crippen LogP contribution in [0, 0.1) is 40.4 Å². The van der Waals surface area contributed by atoms with E-state index < -0.39 is 70.0 Å². The van der Waals surface area contributed by atoms with Crippen LogP contribution >= 0.6 is 0 Å². The molecule has 6 rings (SSSR count). The van der Waals surface area contributed by atoms with E-state index in [9.17, 15) is 24.6 Å². The first-order chi connectivity index (χ1) is 17.8. The molecule has 0 heterocycles. The van der Waals surface area contributed by atoms with E-state index in [4.69, 9.17) is 9.47 Å². The van der Waals surface area contributed by atoms with Gasteiger partial charge in [0.05, 0.1) is 6.10 Å². The molecule has 0 aliphatic heterocycles. The van der Waals surface area contributed by atoms with Crippen LogP contribution in [-0.2, 0) is 19.1 Å². The van der Waals surface area contributed by atoms with Crippen LogP contribution in [0.3, 0.4) is 0 Å². The number of alkyl halides is 2. The maximum Gasteiger partial charge on any atom is 0.509 e. The number of ether oxygens (including phenoxy) is 2. The molecule has 0 aromatic carbocycles. The van der Waals surface area contributed by atoms with Crippen LogP contribution in [0.2, 0.25) is 0 Å². The smallest absolute Gasteiger partial charge is 0.478 e. The predicted octanol–water partition coefficient (Wildman–Crippen LogP) is 4.72. The average Bonchev–Trinajstić information content (AvgIpc) is 3.51. The van der Waals surface area contributed by atoms with E-state index >= 15 is 8.78 Å². The molecule has 0 unspecified atom stereocenters. The highest BCUT2D eigenvalue weighted by Crippen LogP contribution is 2.71. The maximum atomic E-state index is 17.3. The van der Waals surface area contributed by atoms with Gasteiger partial charge in [0.25, 0.3) is 0 Å². The standard InChI is InChI=1S/C29H36F2O7/c1-14-8-18-19-12-21(30)20-11-17(32)6-7-26(20,2)28(19,31)23(33)13-27(18,3)29(14,24(34)35)38-25(36)37-22-10-15-4-5-16(22)9-15/h6-7,11,14-16,18-19,21-23,33H,4-5,8-10,12-13H2,1-3H3,(H,34,35)/t14-,15-,16+,18+,19+,21+,22+,23+,26+,27+,28+,29+/m1/s1. The van der Waals surface area contributed by atoms with Crippen molar-refractivity contribution in [2.24, 2.45) is 40.4 Å².